The van der Waals surface area contributed by atoms with E-state index in [0.717, 1.165) is 24.3 Å². The summed E-state index contributed by atoms with van der Waals surface area (Å²) in [6.07, 6.45) is 8.34. The van der Waals surface area contributed by atoms with Crippen molar-refractivity contribution in [3.63, 3.8) is 0 Å². The zero-order chi connectivity index (χ0) is 20.9. The van der Waals surface area contributed by atoms with E-state index in [4.69, 9.17) is 4.98 Å². The average molecular weight is 426 g/mol. The number of sulfone groups is 1. The maximum Gasteiger partial charge on any atom is 0.229 e. The Hall–Kier alpha value is -2.94. The van der Waals surface area contributed by atoms with Crippen LogP contribution in [-0.4, -0.2) is 43.9 Å². The molecule has 5 rings (SSSR count). The predicted molar refractivity (Wildman–Crippen MR) is 116 cm³/mol. The summed E-state index contributed by atoms with van der Waals surface area (Å²) in [5, 5.41) is 4.40. The van der Waals surface area contributed by atoms with Crippen LogP contribution < -0.4 is 15.1 Å². The summed E-state index contributed by atoms with van der Waals surface area (Å²) >= 11 is 0. The molecule has 2 aromatic rings. The van der Waals surface area contributed by atoms with E-state index in [-0.39, 0.29) is 5.91 Å². The number of aromatic nitrogens is 2. The molecule has 3 heterocycles. The van der Waals surface area contributed by atoms with Gasteiger partial charge in [-0.1, -0.05) is 12.8 Å². The van der Waals surface area contributed by atoms with Gasteiger partial charge in [-0.15, -0.1) is 0 Å². The molecular weight excluding hydrogens is 402 g/mol. The van der Waals surface area contributed by atoms with Crippen molar-refractivity contribution >= 4 is 45.0 Å². The first-order chi connectivity index (χ1) is 14.4. The predicted octanol–water partition coefficient (Wildman–Crippen LogP) is 3.09. The van der Waals surface area contributed by atoms with E-state index in [0.29, 0.717) is 41.1 Å². The Morgan fingerprint density at radius 3 is 2.80 bits per heavy atom. The van der Waals surface area contributed by atoms with Crippen molar-refractivity contribution in [2.45, 2.75) is 43.0 Å². The third kappa shape index (κ3) is 3.23. The number of carbonyl (C=O) groups excluding carboxylic acids is 1. The number of anilines is 4. The van der Waals surface area contributed by atoms with Gasteiger partial charge in [0.25, 0.3) is 0 Å². The maximum absolute atomic E-state index is 12.4. The molecule has 30 heavy (non-hydrogen) atoms. The summed E-state index contributed by atoms with van der Waals surface area (Å²) in [7, 11) is -1.56. The average Bonchev–Trinajstić information content (AvgIpc) is 3.33. The molecule has 1 aromatic carbocycles. The SMILES string of the molecule is CN1C(=O)CCN(C2CCCC2)c2nc(Nc3ccc4c(c3)C=CS4(=O)=O)ncc21. The van der Waals surface area contributed by atoms with Crippen LogP contribution in [0.4, 0.5) is 23.1 Å². The second kappa shape index (κ2) is 7.09. The molecule has 1 aliphatic carbocycles. The molecule has 8 nitrogen and oxygen atoms in total. The summed E-state index contributed by atoms with van der Waals surface area (Å²) in [4.78, 5) is 25.8. The van der Waals surface area contributed by atoms with Crippen molar-refractivity contribution in [2.75, 3.05) is 28.7 Å². The van der Waals surface area contributed by atoms with E-state index in [1.807, 2.05) is 0 Å². The molecule has 0 radical (unpaired) electrons. The van der Waals surface area contributed by atoms with Crippen LogP contribution >= 0.6 is 0 Å². The highest BCUT2D eigenvalue weighted by molar-refractivity contribution is 7.94. The Balaban J connectivity index is 1.49. The summed E-state index contributed by atoms with van der Waals surface area (Å²) in [6, 6.07) is 5.47. The van der Waals surface area contributed by atoms with Crippen LogP contribution in [0.5, 0.6) is 0 Å². The summed E-state index contributed by atoms with van der Waals surface area (Å²) in [5.74, 6) is 1.26. The van der Waals surface area contributed by atoms with E-state index in [1.54, 1.807) is 42.4 Å². The molecule has 0 atom stereocenters. The second-order valence-corrected chi connectivity index (χ2v) is 9.76. The minimum Gasteiger partial charge on any atom is -0.351 e. The maximum atomic E-state index is 12.4. The van der Waals surface area contributed by atoms with Crippen LogP contribution in [0.1, 0.15) is 37.7 Å². The fourth-order valence-corrected chi connectivity index (χ4v) is 5.64. The minimum absolute atomic E-state index is 0.0627. The highest BCUT2D eigenvalue weighted by atomic mass is 32.2. The topological polar surface area (TPSA) is 95.5 Å². The smallest absolute Gasteiger partial charge is 0.229 e. The standard InChI is InChI=1S/C21H23N5O3S/c1-25-17-13-22-21(23-15-6-7-18-14(12-15)9-11-30(18,28)29)24-20(17)26(10-8-19(25)27)16-4-2-3-5-16/h6-7,9,11-13,16H,2-5,8,10H2,1H3,(H,22,23,24). The van der Waals surface area contributed by atoms with Gasteiger partial charge in [-0.05, 0) is 42.7 Å². The fourth-order valence-electron chi connectivity index (χ4n) is 4.45. The molecule has 0 unspecified atom stereocenters. The Morgan fingerprint density at radius 2 is 2.00 bits per heavy atom. The number of nitrogens with zero attached hydrogens (tertiary/aromatic N) is 4. The lowest BCUT2D eigenvalue weighted by Crippen LogP contribution is -2.34. The second-order valence-electron chi connectivity index (χ2n) is 7.96. The number of benzene rings is 1. The molecule has 9 heteroatoms. The quantitative estimate of drug-likeness (QED) is 0.807. The Labute approximate surface area is 175 Å². The largest absolute Gasteiger partial charge is 0.351 e. The third-order valence-corrected chi connectivity index (χ3v) is 7.57. The summed E-state index contributed by atoms with van der Waals surface area (Å²) in [5.41, 5.74) is 2.08. The number of nitrogens with one attached hydrogen (secondary N) is 1. The number of carbonyl (C=O) groups is 1. The molecule has 0 bridgehead atoms. The lowest BCUT2D eigenvalue weighted by Gasteiger charge is -2.30. The van der Waals surface area contributed by atoms with Crippen LogP contribution in [0.3, 0.4) is 0 Å². The normalized spacial score (nSPS) is 20.2. The van der Waals surface area contributed by atoms with Gasteiger partial charge in [-0.2, -0.15) is 4.98 Å². The number of rotatable bonds is 3. The van der Waals surface area contributed by atoms with E-state index in [9.17, 15) is 13.2 Å². The number of fused-ring (bicyclic) bond motifs is 2. The van der Waals surface area contributed by atoms with Crippen LogP contribution in [0, 0.1) is 0 Å². The fraction of sp³-hybridized carbons (Fsp3) is 0.381. The van der Waals surface area contributed by atoms with E-state index >= 15 is 0 Å². The molecule has 1 amide bonds. The van der Waals surface area contributed by atoms with Gasteiger partial charge in [0.1, 0.15) is 5.69 Å². The summed E-state index contributed by atoms with van der Waals surface area (Å²) < 4.78 is 23.9. The molecule has 0 spiro atoms. The van der Waals surface area contributed by atoms with Crippen LogP contribution in [0.15, 0.2) is 34.7 Å². The zero-order valence-corrected chi connectivity index (χ0v) is 17.5. The first-order valence-corrected chi connectivity index (χ1v) is 11.7. The van der Waals surface area contributed by atoms with E-state index in [1.165, 1.54) is 18.2 Å². The summed E-state index contributed by atoms with van der Waals surface area (Å²) in [6.45, 7) is 0.652. The van der Waals surface area contributed by atoms with Crippen LogP contribution in [0.25, 0.3) is 6.08 Å². The lowest BCUT2D eigenvalue weighted by atomic mass is 10.2. The van der Waals surface area contributed by atoms with Gasteiger partial charge in [0, 0.05) is 37.2 Å². The Kier molecular flexibility index (Phi) is 4.50. The van der Waals surface area contributed by atoms with Crippen molar-refractivity contribution in [2.24, 2.45) is 0 Å². The Bertz CT molecular complexity index is 1160. The van der Waals surface area contributed by atoms with Gasteiger partial charge >= 0.3 is 0 Å². The van der Waals surface area contributed by atoms with Gasteiger partial charge in [0.05, 0.1) is 11.1 Å². The highest BCUT2D eigenvalue weighted by Crippen LogP contribution is 2.36. The van der Waals surface area contributed by atoms with Crippen molar-refractivity contribution in [1.29, 1.82) is 0 Å². The molecule has 3 aliphatic rings. The minimum atomic E-state index is -3.32. The molecule has 1 fully saturated rings. The first-order valence-electron chi connectivity index (χ1n) is 10.2. The molecule has 2 aliphatic heterocycles. The molecule has 1 aromatic heterocycles. The van der Waals surface area contributed by atoms with Gasteiger partial charge in [0.15, 0.2) is 15.7 Å². The van der Waals surface area contributed by atoms with Crippen molar-refractivity contribution < 1.29 is 13.2 Å². The monoisotopic (exact) mass is 425 g/mol. The van der Waals surface area contributed by atoms with Gasteiger partial charge in [-0.25, -0.2) is 13.4 Å². The van der Waals surface area contributed by atoms with E-state index < -0.39 is 9.84 Å². The van der Waals surface area contributed by atoms with Gasteiger partial charge < -0.3 is 15.1 Å². The van der Waals surface area contributed by atoms with Crippen LogP contribution in [-0.2, 0) is 14.6 Å². The zero-order valence-electron chi connectivity index (χ0n) is 16.7. The number of amides is 1. The van der Waals surface area contributed by atoms with Crippen LogP contribution in [0.2, 0.25) is 0 Å². The van der Waals surface area contributed by atoms with Crippen molar-refractivity contribution in [1.82, 2.24) is 9.97 Å². The Morgan fingerprint density at radius 1 is 1.20 bits per heavy atom. The number of hydrogen-bond acceptors (Lipinski definition) is 7. The molecule has 156 valence electrons. The molecule has 1 saturated carbocycles. The molecular formula is C21H23N5O3S. The third-order valence-electron chi connectivity index (χ3n) is 6.09. The van der Waals surface area contributed by atoms with Gasteiger partial charge in [-0.3, -0.25) is 4.79 Å². The van der Waals surface area contributed by atoms with Crippen molar-refractivity contribution in [3.8, 4) is 0 Å². The molecule has 0 saturated heterocycles. The van der Waals surface area contributed by atoms with Crippen molar-refractivity contribution in [3.05, 3.63) is 35.4 Å². The number of hydrogen-bond donors (Lipinski definition) is 1. The first kappa shape index (κ1) is 19.0. The molecule has 1 N–H and O–H groups in total. The highest BCUT2D eigenvalue weighted by Gasteiger charge is 2.31. The van der Waals surface area contributed by atoms with Gasteiger partial charge in [0.2, 0.25) is 11.9 Å². The lowest BCUT2D eigenvalue weighted by molar-refractivity contribution is -0.118. The van der Waals surface area contributed by atoms with E-state index in [2.05, 4.69) is 15.2 Å².